The first-order chi connectivity index (χ1) is 15.5. The van der Waals surface area contributed by atoms with Gasteiger partial charge in [-0.15, -0.1) is 0 Å². The third kappa shape index (κ3) is 4.69. The van der Waals surface area contributed by atoms with Crippen LogP contribution in [0, 0.1) is 5.92 Å². The molecule has 1 N–H and O–H groups in total. The summed E-state index contributed by atoms with van der Waals surface area (Å²) in [5.41, 5.74) is 9.58. The molecule has 0 bridgehead atoms. The molecule has 170 valence electrons. The van der Waals surface area contributed by atoms with Crippen molar-refractivity contribution in [3.63, 3.8) is 0 Å². The Morgan fingerprint density at radius 3 is 2.72 bits per heavy atom. The van der Waals surface area contributed by atoms with Crippen LogP contribution in [0.25, 0.3) is 10.4 Å². The van der Waals surface area contributed by atoms with E-state index in [0.717, 1.165) is 5.56 Å². The number of alkyl carbamates (subject to hydrolysis) is 1. The van der Waals surface area contributed by atoms with Crippen molar-refractivity contribution in [1.82, 2.24) is 10.2 Å². The van der Waals surface area contributed by atoms with Crippen LogP contribution in [0.5, 0.6) is 0 Å². The molecular formula is C21H25N5O6. The predicted octanol–water partition coefficient (Wildman–Crippen LogP) is 2.26. The first-order valence-corrected chi connectivity index (χ1v) is 10.7. The number of amides is 3. The molecule has 1 unspecified atom stereocenters. The summed E-state index contributed by atoms with van der Waals surface area (Å²) in [4.78, 5) is 42.0. The Kier molecular flexibility index (Phi) is 6.59. The zero-order chi connectivity index (χ0) is 22.6. The Morgan fingerprint density at radius 1 is 1.25 bits per heavy atom. The fourth-order valence-corrected chi connectivity index (χ4v) is 4.72. The van der Waals surface area contributed by atoms with Crippen molar-refractivity contribution in [3.05, 3.63) is 46.3 Å². The number of likely N-dealkylation sites (tertiary alicyclic amines) is 1. The van der Waals surface area contributed by atoms with Crippen molar-refractivity contribution < 1.29 is 28.6 Å². The average Bonchev–Trinajstić information content (AvgIpc) is 3.40. The highest BCUT2D eigenvalue weighted by molar-refractivity contribution is 5.89. The standard InChI is InChI=1S/C21H25N5O6/c22-25-24-18(27)15-12-21(31-10-11-32-21)8-6-17(15)26-9-7-16(19(26)28)23-20(29)30-13-14-4-2-1-3-5-14/h1-5,15-17H,6-13H2,(H,23,29)/t15-,16+,17?/m1/s1. The summed E-state index contributed by atoms with van der Waals surface area (Å²) in [7, 11) is 0. The van der Waals surface area contributed by atoms with E-state index in [2.05, 4.69) is 15.3 Å². The van der Waals surface area contributed by atoms with Gasteiger partial charge in [-0.1, -0.05) is 30.3 Å². The molecule has 1 spiro atoms. The number of benzene rings is 1. The van der Waals surface area contributed by atoms with Crippen molar-refractivity contribution in [3.8, 4) is 0 Å². The minimum Gasteiger partial charge on any atom is -0.445 e. The van der Waals surface area contributed by atoms with Crippen LogP contribution in [0.1, 0.15) is 31.2 Å². The van der Waals surface area contributed by atoms with E-state index in [4.69, 9.17) is 19.7 Å². The van der Waals surface area contributed by atoms with Crippen molar-refractivity contribution in [2.45, 2.75) is 50.2 Å². The van der Waals surface area contributed by atoms with Gasteiger partial charge in [0.15, 0.2) is 5.79 Å². The third-order valence-electron chi connectivity index (χ3n) is 6.24. The normalized spacial score (nSPS) is 26.6. The van der Waals surface area contributed by atoms with Gasteiger partial charge in [-0.25, -0.2) is 4.79 Å². The number of nitrogens with one attached hydrogen (secondary N) is 1. The Morgan fingerprint density at radius 2 is 2.00 bits per heavy atom. The molecular weight excluding hydrogens is 418 g/mol. The molecule has 3 aliphatic rings. The van der Waals surface area contributed by atoms with Crippen LogP contribution in [0.2, 0.25) is 0 Å². The summed E-state index contributed by atoms with van der Waals surface area (Å²) >= 11 is 0. The number of azide groups is 1. The maximum Gasteiger partial charge on any atom is 0.408 e. The van der Waals surface area contributed by atoms with E-state index in [-0.39, 0.29) is 18.9 Å². The largest absolute Gasteiger partial charge is 0.445 e. The highest BCUT2D eigenvalue weighted by Gasteiger charge is 2.51. The van der Waals surface area contributed by atoms with Gasteiger partial charge in [0.25, 0.3) is 0 Å². The predicted molar refractivity (Wildman–Crippen MR) is 110 cm³/mol. The van der Waals surface area contributed by atoms with Gasteiger partial charge in [0, 0.05) is 36.3 Å². The van der Waals surface area contributed by atoms with Crippen LogP contribution < -0.4 is 5.32 Å². The smallest absolute Gasteiger partial charge is 0.408 e. The second-order valence-electron chi connectivity index (χ2n) is 8.13. The van der Waals surface area contributed by atoms with Gasteiger partial charge in [0.1, 0.15) is 12.6 Å². The highest BCUT2D eigenvalue weighted by Crippen LogP contribution is 2.42. The van der Waals surface area contributed by atoms with Crippen LogP contribution in [0.4, 0.5) is 4.79 Å². The van der Waals surface area contributed by atoms with E-state index < -0.39 is 35.8 Å². The molecule has 11 heteroatoms. The van der Waals surface area contributed by atoms with Gasteiger partial charge >= 0.3 is 6.09 Å². The van der Waals surface area contributed by atoms with Gasteiger partial charge < -0.3 is 24.4 Å². The summed E-state index contributed by atoms with van der Waals surface area (Å²) < 4.78 is 16.7. The number of carbonyl (C=O) groups excluding carboxylic acids is 3. The number of hydrogen-bond acceptors (Lipinski definition) is 6. The molecule has 0 radical (unpaired) electrons. The quantitative estimate of drug-likeness (QED) is 0.420. The Bertz CT molecular complexity index is 913. The second-order valence-corrected chi connectivity index (χ2v) is 8.13. The highest BCUT2D eigenvalue weighted by atomic mass is 16.7. The SMILES string of the molecule is [N-]=[N+]=NC(=O)[C@@H]1CC2(CCC1N1CC[C@H](NC(=O)OCc3ccccc3)C1=O)OCCO2. The molecule has 3 fully saturated rings. The summed E-state index contributed by atoms with van der Waals surface area (Å²) in [6, 6.07) is 8.05. The molecule has 1 aromatic carbocycles. The van der Waals surface area contributed by atoms with Gasteiger partial charge in [-0.05, 0) is 29.1 Å². The van der Waals surface area contributed by atoms with E-state index in [1.165, 1.54) is 0 Å². The maximum absolute atomic E-state index is 13.0. The molecule has 2 saturated heterocycles. The lowest BCUT2D eigenvalue weighted by Crippen LogP contribution is -2.53. The fraction of sp³-hybridized carbons (Fsp3) is 0.571. The zero-order valence-corrected chi connectivity index (χ0v) is 17.5. The van der Waals surface area contributed by atoms with Crippen LogP contribution in [-0.4, -0.2) is 60.4 Å². The molecule has 3 amide bonds. The van der Waals surface area contributed by atoms with Gasteiger partial charge in [-0.3, -0.25) is 9.59 Å². The number of hydrogen-bond donors (Lipinski definition) is 1. The van der Waals surface area contributed by atoms with Gasteiger partial charge in [0.2, 0.25) is 11.8 Å². The molecule has 2 heterocycles. The summed E-state index contributed by atoms with van der Waals surface area (Å²) in [6.45, 7) is 1.35. The van der Waals surface area contributed by atoms with Crippen molar-refractivity contribution in [2.24, 2.45) is 11.0 Å². The van der Waals surface area contributed by atoms with Crippen molar-refractivity contribution >= 4 is 17.9 Å². The lowest BCUT2D eigenvalue weighted by atomic mass is 9.79. The molecule has 1 aliphatic carbocycles. The molecule has 3 atom stereocenters. The molecule has 2 aliphatic heterocycles. The lowest BCUT2D eigenvalue weighted by molar-refractivity contribution is -0.197. The van der Waals surface area contributed by atoms with Crippen LogP contribution in [0.3, 0.4) is 0 Å². The van der Waals surface area contributed by atoms with Crippen LogP contribution >= 0.6 is 0 Å². The second kappa shape index (κ2) is 9.56. The van der Waals surface area contributed by atoms with Crippen molar-refractivity contribution in [1.29, 1.82) is 0 Å². The number of rotatable bonds is 5. The monoisotopic (exact) mass is 443 g/mol. The Balaban J connectivity index is 1.38. The fourth-order valence-electron chi connectivity index (χ4n) is 4.72. The first-order valence-electron chi connectivity index (χ1n) is 10.7. The van der Waals surface area contributed by atoms with Gasteiger partial charge in [-0.2, -0.15) is 0 Å². The molecule has 0 aromatic heterocycles. The zero-order valence-electron chi connectivity index (χ0n) is 17.5. The topological polar surface area (TPSA) is 143 Å². The number of ether oxygens (including phenoxy) is 3. The first kappa shape index (κ1) is 22.1. The molecule has 11 nitrogen and oxygen atoms in total. The Labute approximate surface area is 184 Å². The van der Waals surface area contributed by atoms with E-state index in [0.29, 0.717) is 39.0 Å². The summed E-state index contributed by atoms with van der Waals surface area (Å²) in [5, 5.41) is 5.89. The van der Waals surface area contributed by atoms with E-state index >= 15 is 0 Å². The summed E-state index contributed by atoms with van der Waals surface area (Å²) in [6.07, 6.45) is 0.936. The van der Waals surface area contributed by atoms with E-state index in [1.54, 1.807) is 4.90 Å². The average molecular weight is 443 g/mol. The Hall–Kier alpha value is -3.14. The molecule has 32 heavy (non-hydrogen) atoms. The summed E-state index contributed by atoms with van der Waals surface area (Å²) in [5.74, 6) is -2.52. The lowest BCUT2D eigenvalue weighted by Gasteiger charge is -2.43. The number of carbonyl (C=O) groups is 3. The van der Waals surface area contributed by atoms with E-state index in [9.17, 15) is 14.4 Å². The van der Waals surface area contributed by atoms with Crippen LogP contribution in [-0.2, 0) is 30.4 Å². The molecule has 1 saturated carbocycles. The van der Waals surface area contributed by atoms with Crippen molar-refractivity contribution in [2.75, 3.05) is 19.8 Å². The third-order valence-corrected chi connectivity index (χ3v) is 6.24. The van der Waals surface area contributed by atoms with Crippen LogP contribution in [0.15, 0.2) is 35.4 Å². The minimum atomic E-state index is -0.872. The maximum atomic E-state index is 13.0. The number of nitrogens with zero attached hydrogens (tertiary/aromatic N) is 4. The van der Waals surface area contributed by atoms with Gasteiger partial charge in [0.05, 0.1) is 13.2 Å². The van der Waals surface area contributed by atoms with E-state index in [1.807, 2.05) is 30.3 Å². The molecule has 4 rings (SSSR count). The molecule has 1 aromatic rings. The minimum absolute atomic E-state index is 0.102.